The minimum absolute atomic E-state index is 0.0166. The Morgan fingerprint density at radius 3 is 2.54 bits per heavy atom. The lowest BCUT2D eigenvalue weighted by atomic mass is 10.1. The highest BCUT2D eigenvalue weighted by atomic mass is 32.2. The van der Waals surface area contributed by atoms with Crippen molar-refractivity contribution in [3.05, 3.63) is 48.3 Å². The summed E-state index contributed by atoms with van der Waals surface area (Å²) >= 11 is 0. The molecule has 1 aliphatic rings. The Balaban J connectivity index is 1.60. The van der Waals surface area contributed by atoms with Gasteiger partial charge in [0.05, 0.1) is 5.75 Å². The number of anilines is 2. The lowest BCUT2D eigenvalue weighted by Gasteiger charge is -2.38. The van der Waals surface area contributed by atoms with Crippen molar-refractivity contribution in [1.82, 2.24) is 20.0 Å². The van der Waals surface area contributed by atoms with Gasteiger partial charge in [0.2, 0.25) is 16.0 Å². The van der Waals surface area contributed by atoms with Crippen molar-refractivity contribution in [1.29, 1.82) is 0 Å². The van der Waals surface area contributed by atoms with Crippen LogP contribution in [0.15, 0.2) is 42.7 Å². The fraction of sp³-hybridized carbons (Fsp3) is 0.478. The van der Waals surface area contributed by atoms with Crippen LogP contribution in [0.2, 0.25) is 0 Å². The standard InChI is InChI=1S/C23H32N6O5S/c1-2-3-15-35(33,34)28-19(22(31)32)16-26-21(30)17-8-10-18(11-9-17)29-14-5-4-7-20(29)27-23-24-12-6-13-25-23/h6,8-13,19-20,28H,2-5,7,14-16H2,1H3,(H,26,30)(H,31,32)(H,24,25,27)/t19-,20?/m0/s1. The number of nitrogens with one attached hydrogen (secondary N) is 3. The zero-order valence-corrected chi connectivity index (χ0v) is 20.5. The molecule has 1 aromatic carbocycles. The van der Waals surface area contributed by atoms with Crippen LogP contribution in [0.3, 0.4) is 0 Å². The molecule has 0 aliphatic carbocycles. The molecule has 0 radical (unpaired) electrons. The quantitative estimate of drug-likeness (QED) is 0.339. The number of sulfonamides is 1. The van der Waals surface area contributed by atoms with Crippen LogP contribution in [0.25, 0.3) is 0 Å². The van der Waals surface area contributed by atoms with Crippen LogP contribution in [0, 0.1) is 0 Å². The van der Waals surface area contributed by atoms with E-state index in [9.17, 15) is 23.1 Å². The Labute approximate surface area is 205 Å². The summed E-state index contributed by atoms with van der Waals surface area (Å²) in [6, 6.07) is 7.31. The number of hydrogen-bond donors (Lipinski definition) is 4. The van der Waals surface area contributed by atoms with E-state index in [1.54, 1.807) is 30.6 Å². The topological polar surface area (TPSA) is 154 Å². The van der Waals surface area contributed by atoms with Crippen LogP contribution in [-0.2, 0) is 14.8 Å². The van der Waals surface area contributed by atoms with Crippen LogP contribution in [0.1, 0.15) is 49.4 Å². The minimum atomic E-state index is -3.75. The lowest BCUT2D eigenvalue weighted by Crippen LogP contribution is -2.49. The molecule has 0 bridgehead atoms. The molecule has 1 unspecified atom stereocenters. The number of aliphatic carboxylic acids is 1. The molecule has 1 saturated heterocycles. The predicted molar refractivity (Wildman–Crippen MR) is 133 cm³/mol. The molecule has 2 atom stereocenters. The molecule has 2 heterocycles. The van der Waals surface area contributed by atoms with Crippen LogP contribution in [0.5, 0.6) is 0 Å². The number of aromatic nitrogens is 2. The summed E-state index contributed by atoms with van der Waals surface area (Å²) in [7, 11) is -3.75. The van der Waals surface area contributed by atoms with Gasteiger partial charge in [-0.2, -0.15) is 4.72 Å². The fourth-order valence-electron chi connectivity index (χ4n) is 3.80. The van der Waals surface area contributed by atoms with Gasteiger partial charge in [-0.1, -0.05) is 13.3 Å². The summed E-state index contributed by atoms with van der Waals surface area (Å²) < 4.78 is 26.2. The van der Waals surface area contributed by atoms with Gasteiger partial charge in [-0.05, 0) is 56.0 Å². The molecule has 1 aromatic heterocycles. The fourth-order valence-corrected chi connectivity index (χ4v) is 5.21. The average Bonchev–Trinajstić information content (AvgIpc) is 2.86. The van der Waals surface area contributed by atoms with Gasteiger partial charge in [-0.15, -0.1) is 0 Å². The monoisotopic (exact) mass is 504 g/mol. The number of carboxylic acids is 1. The number of benzene rings is 1. The molecule has 11 nitrogen and oxygen atoms in total. The Hall–Kier alpha value is -3.25. The van der Waals surface area contributed by atoms with E-state index < -0.39 is 27.9 Å². The first kappa shape index (κ1) is 26.4. The Bertz CT molecular complexity index is 1080. The van der Waals surface area contributed by atoms with E-state index in [0.717, 1.165) is 31.5 Å². The molecule has 1 amide bonds. The van der Waals surface area contributed by atoms with Gasteiger partial charge >= 0.3 is 5.97 Å². The molecular weight excluding hydrogens is 472 g/mol. The smallest absolute Gasteiger partial charge is 0.323 e. The molecule has 12 heteroatoms. The number of hydrogen-bond acceptors (Lipinski definition) is 8. The summed E-state index contributed by atoms with van der Waals surface area (Å²) in [5, 5.41) is 15.2. The van der Waals surface area contributed by atoms with Crippen molar-refractivity contribution < 1.29 is 23.1 Å². The first-order valence-electron chi connectivity index (χ1n) is 11.7. The van der Waals surface area contributed by atoms with E-state index >= 15 is 0 Å². The number of rotatable bonds is 12. The Morgan fingerprint density at radius 1 is 1.17 bits per heavy atom. The molecule has 1 fully saturated rings. The molecule has 35 heavy (non-hydrogen) atoms. The van der Waals surface area contributed by atoms with Crippen molar-refractivity contribution in [2.24, 2.45) is 0 Å². The highest BCUT2D eigenvalue weighted by molar-refractivity contribution is 7.89. The Kier molecular flexibility index (Phi) is 9.38. The lowest BCUT2D eigenvalue weighted by molar-refractivity contribution is -0.138. The van der Waals surface area contributed by atoms with E-state index in [2.05, 4.69) is 30.2 Å². The van der Waals surface area contributed by atoms with Crippen LogP contribution in [-0.4, -0.2) is 66.4 Å². The summed E-state index contributed by atoms with van der Waals surface area (Å²) in [5.74, 6) is -1.45. The molecule has 0 spiro atoms. The number of nitrogens with zero attached hydrogens (tertiary/aromatic N) is 3. The van der Waals surface area contributed by atoms with E-state index in [-0.39, 0.29) is 18.5 Å². The number of carbonyl (C=O) groups excluding carboxylic acids is 1. The summed E-state index contributed by atoms with van der Waals surface area (Å²) in [6.45, 7) is 2.32. The Morgan fingerprint density at radius 2 is 1.89 bits per heavy atom. The number of carbonyl (C=O) groups is 2. The van der Waals surface area contributed by atoms with Gasteiger partial charge in [0.1, 0.15) is 12.2 Å². The third kappa shape index (κ3) is 7.89. The SMILES string of the molecule is CCCCS(=O)(=O)N[C@@H](CNC(=O)c1ccc(N2CCCCC2Nc2ncccn2)cc1)C(=O)O. The van der Waals surface area contributed by atoms with Gasteiger partial charge in [-0.3, -0.25) is 9.59 Å². The van der Waals surface area contributed by atoms with E-state index in [0.29, 0.717) is 24.4 Å². The maximum Gasteiger partial charge on any atom is 0.323 e. The van der Waals surface area contributed by atoms with E-state index in [1.165, 1.54) is 0 Å². The maximum atomic E-state index is 12.6. The van der Waals surface area contributed by atoms with Gasteiger partial charge < -0.3 is 20.6 Å². The second-order valence-electron chi connectivity index (χ2n) is 8.36. The second-order valence-corrected chi connectivity index (χ2v) is 10.2. The van der Waals surface area contributed by atoms with E-state index in [1.807, 2.05) is 19.1 Å². The number of carboxylic acid groups (broad SMARTS) is 1. The van der Waals surface area contributed by atoms with Gasteiger partial charge in [0.15, 0.2) is 0 Å². The summed E-state index contributed by atoms with van der Waals surface area (Å²) in [4.78, 5) is 34.7. The van der Waals surface area contributed by atoms with Crippen molar-refractivity contribution in [2.75, 3.05) is 29.1 Å². The molecule has 2 aromatic rings. The van der Waals surface area contributed by atoms with Crippen molar-refractivity contribution in [2.45, 2.75) is 51.2 Å². The first-order valence-corrected chi connectivity index (χ1v) is 13.4. The van der Waals surface area contributed by atoms with Crippen molar-refractivity contribution in [3.8, 4) is 0 Å². The second kappa shape index (κ2) is 12.5. The normalized spacial score (nSPS) is 16.9. The number of piperidine rings is 1. The molecule has 190 valence electrons. The van der Waals surface area contributed by atoms with Gasteiger partial charge in [-0.25, -0.2) is 18.4 Å². The molecule has 1 aliphatic heterocycles. The van der Waals surface area contributed by atoms with Crippen LogP contribution in [0.4, 0.5) is 11.6 Å². The highest BCUT2D eigenvalue weighted by Gasteiger charge is 2.25. The largest absolute Gasteiger partial charge is 0.480 e. The van der Waals surface area contributed by atoms with Crippen molar-refractivity contribution >= 4 is 33.5 Å². The van der Waals surface area contributed by atoms with Gasteiger partial charge in [0, 0.05) is 36.7 Å². The predicted octanol–water partition coefficient (Wildman–Crippen LogP) is 1.81. The summed E-state index contributed by atoms with van der Waals surface area (Å²) in [5.41, 5.74) is 1.28. The zero-order valence-electron chi connectivity index (χ0n) is 19.7. The molecule has 0 saturated carbocycles. The number of amides is 1. The molecule has 4 N–H and O–H groups in total. The molecule has 3 rings (SSSR count). The highest BCUT2D eigenvalue weighted by Crippen LogP contribution is 2.25. The first-order chi connectivity index (χ1) is 16.8. The zero-order chi connectivity index (χ0) is 25.3. The number of unbranched alkanes of at least 4 members (excludes halogenated alkanes) is 1. The van der Waals surface area contributed by atoms with Crippen LogP contribution < -0.4 is 20.3 Å². The van der Waals surface area contributed by atoms with Gasteiger partial charge in [0.25, 0.3) is 5.91 Å². The van der Waals surface area contributed by atoms with Crippen LogP contribution >= 0.6 is 0 Å². The van der Waals surface area contributed by atoms with Crippen molar-refractivity contribution in [3.63, 3.8) is 0 Å². The molecular formula is C23H32N6O5S. The maximum absolute atomic E-state index is 12.6. The van der Waals surface area contributed by atoms with E-state index in [4.69, 9.17) is 0 Å². The third-order valence-corrected chi connectivity index (χ3v) is 7.15. The average molecular weight is 505 g/mol. The summed E-state index contributed by atoms with van der Waals surface area (Å²) in [6.07, 6.45) is 7.51. The minimum Gasteiger partial charge on any atom is -0.480 e. The third-order valence-electron chi connectivity index (χ3n) is 5.68.